The van der Waals surface area contributed by atoms with E-state index in [4.69, 9.17) is 27.6 Å². The summed E-state index contributed by atoms with van der Waals surface area (Å²) < 4.78 is 33.5. The summed E-state index contributed by atoms with van der Waals surface area (Å²) in [6.45, 7) is 0. The number of benzene rings is 2. The van der Waals surface area contributed by atoms with Crippen LogP contribution in [0.25, 0.3) is 6.08 Å². The molecule has 3 aromatic rings. The van der Waals surface area contributed by atoms with E-state index < -0.39 is 15.9 Å². The first-order chi connectivity index (χ1) is 13.7. The fraction of sp³-hybridized carbons (Fsp3) is 0. The Hall–Kier alpha value is -2.26. The molecule has 0 atom stereocenters. The Morgan fingerprint density at radius 3 is 2.41 bits per heavy atom. The number of sulfonamides is 1. The lowest BCUT2D eigenvalue weighted by atomic mass is 10.3. The van der Waals surface area contributed by atoms with Gasteiger partial charge in [0.15, 0.2) is 4.67 Å². The highest BCUT2D eigenvalue weighted by Crippen LogP contribution is 2.28. The molecule has 0 spiro atoms. The van der Waals surface area contributed by atoms with Gasteiger partial charge in [-0.2, -0.15) is 0 Å². The smallest absolute Gasteiger partial charge is 0.262 e. The van der Waals surface area contributed by atoms with Crippen LogP contribution in [0.2, 0.25) is 10.0 Å². The standard InChI is InChI=1S/C19H13BrCl2N2O4S/c20-18-9-5-12(28-18)6-10-19(25)23-17-11-13(7-8-15(17)22)29(26,27)24-16-4-2-1-3-14(16)21/h1-11,24H,(H,23,25)/b10-6+. The van der Waals surface area contributed by atoms with Crippen LogP contribution in [0.1, 0.15) is 5.76 Å². The van der Waals surface area contributed by atoms with Crippen LogP contribution >= 0.6 is 39.1 Å². The predicted molar refractivity (Wildman–Crippen MR) is 118 cm³/mol. The van der Waals surface area contributed by atoms with Gasteiger partial charge in [0.2, 0.25) is 5.91 Å². The van der Waals surface area contributed by atoms with E-state index in [2.05, 4.69) is 26.0 Å². The molecule has 1 aromatic heterocycles. The molecule has 0 aliphatic rings. The van der Waals surface area contributed by atoms with Crippen LogP contribution in [-0.4, -0.2) is 14.3 Å². The third-order valence-corrected chi connectivity index (χ3v) is 6.07. The van der Waals surface area contributed by atoms with Crippen LogP contribution in [0.5, 0.6) is 0 Å². The highest BCUT2D eigenvalue weighted by atomic mass is 79.9. The van der Waals surface area contributed by atoms with Gasteiger partial charge in [-0.1, -0.05) is 35.3 Å². The van der Waals surface area contributed by atoms with Gasteiger partial charge in [0.05, 0.1) is 26.3 Å². The Balaban J connectivity index is 1.79. The van der Waals surface area contributed by atoms with Crippen molar-refractivity contribution in [2.45, 2.75) is 4.90 Å². The molecule has 0 radical (unpaired) electrons. The molecule has 0 saturated carbocycles. The first kappa shape index (κ1) is 21.4. The number of halogens is 3. The summed E-state index contributed by atoms with van der Waals surface area (Å²) in [7, 11) is -3.95. The van der Waals surface area contributed by atoms with Gasteiger partial charge >= 0.3 is 0 Å². The number of hydrogen-bond donors (Lipinski definition) is 2. The second-order valence-electron chi connectivity index (χ2n) is 5.69. The molecular formula is C19H13BrCl2N2O4S. The number of anilines is 2. The molecule has 3 rings (SSSR count). The molecule has 0 aliphatic heterocycles. The fourth-order valence-corrected chi connectivity index (χ4v) is 4.09. The highest BCUT2D eigenvalue weighted by molar-refractivity contribution is 9.10. The zero-order chi connectivity index (χ0) is 21.0. The summed E-state index contributed by atoms with van der Waals surface area (Å²) in [5.74, 6) is -0.0357. The number of carbonyl (C=O) groups excluding carboxylic acids is 1. The SMILES string of the molecule is O=C(/C=C/c1ccc(Br)o1)Nc1cc(S(=O)(=O)Nc2ccccc2Cl)ccc1Cl. The average Bonchev–Trinajstić information content (AvgIpc) is 3.09. The van der Waals surface area contributed by atoms with E-state index in [1.165, 1.54) is 36.4 Å². The molecule has 0 fully saturated rings. The minimum Gasteiger partial charge on any atom is -0.450 e. The summed E-state index contributed by atoms with van der Waals surface area (Å²) >= 11 is 15.3. The molecule has 2 N–H and O–H groups in total. The Morgan fingerprint density at radius 2 is 1.72 bits per heavy atom. The van der Waals surface area contributed by atoms with Crippen LogP contribution in [-0.2, 0) is 14.8 Å². The number of para-hydroxylation sites is 1. The van der Waals surface area contributed by atoms with E-state index in [9.17, 15) is 13.2 Å². The molecule has 1 heterocycles. The van der Waals surface area contributed by atoms with Gasteiger partial charge < -0.3 is 9.73 Å². The van der Waals surface area contributed by atoms with Crippen LogP contribution in [0.15, 0.2) is 74.7 Å². The van der Waals surface area contributed by atoms with Gasteiger partial charge in [-0.05, 0) is 64.5 Å². The van der Waals surface area contributed by atoms with Crippen molar-refractivity contribution in [3.63, 3.8) is 0 Å². The molecule has 0 bridgehead atoms. The normalized spacial score (nSPS) is 11.6. The molecule has 0 aliphatic carbocycles. The van der Waals surface area contributed by atoms with Crippen molar-refractivity contribution in [1.29, 1.82) is 0 Å². The minimum absolute atomic E-state index is 0.0870. The first-order valence-corrected chi connectivity index (χ1v) is 11.1. The highest BCUT2D eigenvalue weighted by Gasteiger charge is 2.18. The maximum Gasteiger partial charge on any atom is 0.262 e. The molecular weight excluding hydrogens is 503 g/mol. The lowest BCUT2D eigenvalue weighted by Gasteiger charge is -2.12. The molecule has 150 valence electrons. The van der Waals surface area contributed by atoms with Crippen LogP contribution in [0.3, 0.4) is 0 Å². The quantitative estimate of drug-likeness (QED) is 0.406. The van der Waals surface area contributed by atoms with E-state index in [-0.39, 0.29) is 26.3 Å². The average molecular weight is 516 g/mol. The van der Waals surface area contributed by atoms with E-state index in [0.29, 0.717) is 10.4 Å². The van der Waals surface area contributed by atoms with Gasteiger partial charge in [0.1, 0.15) is 5.76 Å². The number of rotatable bonds is 6. The summed E-state index contributed by atoms with van der Waals surface area (Å²) in [5, 5.41) is 2.99. The van der Waals surface area contributed by atoms with Crippen molar-refractivity contribution in [2.24, 2.45) is 0 Å². The van der Waals surface area contributed by atoms with Gasteiger partial charge in [0, 0.05) is 6.08 Å². The summed E-state index contributed by atoms with van der Waals surface area (Å²) in [4.78, 5) is 12.1. The Morgan fingerprint density at radius 1 is 1.00 bits per heavy atom. The Labute approximate surface area is 185 Å². The number of nitrogens with one attached hydrogen (secondary N) is 2. The minimum atomic E-state index is -3.95. The van der Waals surface area contributed by atoms with E-state index in [1.54, 1.807) is 30.3 Å². The second-order valence-corrected chi connectivity index (χ2v) is 8.97. The third kappa shape index (κ3) is 5.63. The number of furan rings is 1. The van der Waals surface area contributed by atoms with Gasteiger partial charge in [-0.3, -0.25) is 9.52 Å². The lowest BCUT2D eigenvalue weighted by molar-refractivity contribution is -0.111. The zero-order valence-electron chi connectivity index (χ0n) is 14.5. The van der Waals surface area contributed by atoms with Crippen molar-refractivity contribution in [1.82, 2.24) is 0 Å². The summed E-state index contributed by atoms with van der Waals surface area (Å²) in [6.07, 6.45) is 2.71. The van der Waals surface area contributed by atoms with E-state index in [0.717, 1.165) is 0 Å². The topological polar surface area (TPSA) is 88.4 Å². The maximum atomic E-state index is 12.7. The molecule has 0 unspecified atom stereocenters. The van der Waals surface area contributed by atoms with Gasteiger partial charge in [-0.25, -0.2) is 8.42 Å². The van der Waals surface area contributed by atoms with Crippen molar-refractivity contribution in [3.05, 3.63) is 81.1 Å². The second kappa shape index (κ2) is 9.04. The molecule has 10 heteroatoms. The van der Waals surface area contributed by atoms with Crippen LogP contribution in [0, 0.1) is 0 Å². The van der Waals surface area contributed by atoms with E-state index >= 15 is 0 Å². The van der Waals surface area contributed by atoms with Crippen LogP contribution in [0.4, 0.5) is 11.4 Å². The van der Waals surface area contributed by atoms with Crippen LogP contribution < -0.4 is 10.0 Å². The fourth-order valence-electron chi connectivity index (χ4n) is 2.27. The van der Waals surface area contributed by atoms with Gasteiger partial charge in [-0.15, -0.1) is 0 Å². The van der Waals surface area contributed by atoms with Crippen molar-refractivity contribution >= 4 is 72.5 Å². The van der Waals surface area contributed by atoms with E-state index in [1.807, 2.05) is 0 Å². The maximum absolute atomic E-state index is 12.7. The summed E-state index contributed by atoms with van der Waals surface area (Å²) in [5.41, 5.74) is 0.381. The molecule has 0 saturated heterocycles. The Bertz CT molecular complexity index is 1190. The zero-order valence-corrected chi connectivity index (χ0v) is 18.4. The molecule has 29 heavy (non-hydrogen) atoms. The number of hydrogen-bond acceptors (Lipinski definition) is 4. The predicted octanol–water partition coefficient (Wildman–Crippen LogP) is 5.80. The molecule has 6 nitrogen and oxygen atoms in total. The lowest BCUT2D eigenvalue weighted by Crippen LogP contribution is -2.14. The van der Waals surface area contributed by atoms with Crippen molar-refractivity contribution in [2.75, 3.05) is 10.0 Å². The monoisotopic (exact) mass is 514 g/mol. The molecule has 2 aromatic carbocycles. The third-order valence-electron chi connectivity index (χ3n) is 3.62. The van der Waals surface area contributed by atoms with Crippen molar-refractivity contribution in [3.8, 4) is 0 Å². The number of carbonyl (C=O) groups is 1. The van der Waals surface area contributed by atoms with Crippen molar-refractivity contribution < 1.29 is 17.6 Å². The number of amides is 1. The first-order valence-electron chi connectivity index (χ1n) is 8.06. The van der Waals surface area contributed by atoms with Gasteiger partial charge in [0.25, 0.3) is 10.0 Å². The summed E-state index contributed by atoms with van der Waals surface area (Å²) in [6, 6.07) is 13.8. The Kier molecular flexibility index (Phi) is 6.69. The largest absolute Gasteiger partial charge is 0.450 e. The molecule has 1 amide bonds.